The fraction of sp³-hybridized carbons (Fsp3) is 0.429. The zero-order chi connectivity index (χ0) is 17.1. The van der Waals surface area contributed by atoms with Crippen molar-refractivity contribution in [1.29, 1.82) is 0 Å². The SMILES string of the molecule is Brc1cc(CNC2CN3CCC2CC3)ccc1OCc1ccccc1. The first-order valence-corrected chi connectivity index (χ1v) is 9.98. The highest BCUT2D eigenvalue weighted by molar-refractivity contribution is 9.10. The minimum absolute atomic E-state index is 0.594. The Balaban J connectivity index is 1.32. The standard InChI is InChI=1S/C21H25BrN2O/c22-19-12-17(13-23-20-14-24-10-8-18(20)9-11-24)6-7-21(19)25-15-16-4-2-1-3-5-16/h1-7,12,18,20,23H,8-11,13-15H2. The molecule has 2 aromatic rings. The third-order valence-electron chi connectivity index (χ3n) is 5.46. The second-order valence-corrected chi connectivity index (χ2v) is 8.02. The molecule has 3 nitrogen and oxygen atoms in total. The Bertz CT molecular complexity index is 698. The Labute approximate surface area is 158 Å². The summed E-state index contributed by atoms with van der Waals surface area (Å²) in [6.45, 7) is 5.32. The number of piperidine rings is 3. The molecule has 132 valence electrons. The third-order valence-corrected chi connectivity index (χ3v) is 6.08. The van der Waals surface area contributed by atoms with Crippen LogP contribution in [0.2, 0.25) is 0 Å². The topological polar surface area (TPSA) is 24.5 Å². The van der Waals surface area contributed by atoms with Gasteiger partial charge in [0.25, 0.3) is 0 Å². The molecule has 1 N–H and O–H groups in total. The number of hydrogen-bond donors (Lipinski definition) is 1. The van der Waals surface area contributed by atoms with Crippen LogP contribution in [-0.4, -0.2) is 30.6 Å². The van der Waals surface area contributed by atoms with Gasteiger partial charge in [-0.25, -0.2) is 0 Å². The molecule has 0 saturated carbocycles. The fourth-order valence-corrected chi connectivity index (χ4v) is 4.49. The van der Waals surface area contributed by atoms with Crippen LogP contribution >= 0.6 is 15.9 Å². The highest BCUT2D eigenvalue weighted by Crippen LogP contribution is 2.29. The lowest BCUT2D eigenvalue weighted by Crippen LogP contribution is -2.55. The van der Waals surface area contributed by atoms with Crippen LogP contribution in [0, 0.1) is 5.92 Å². The van der Waals surface area contributed by atoms with Gasteiger partial charge < -0.3 is 15.0 Å². The van der Waals surface area contributed by atoms with E-state index in [0.29, 0.717) is 12.6 Å². The maximum Gasteiger partial charge on any atom is 0.134 e. The van der Waals surface area contributed by atoms with E-state index in [1.807, 2.05) is 18.2 Å². The highest BCUT2D eigenvalue weighted by Gasteiger charge is 2.33. The molecule has 3 fully saturated rings. The lowest BCUT2D eigenvalue weighted by molar-refractivity contribution is 0.0720. The van der Waals surface area contributed by atoms with Gasteiger partial charge in [0.15, 0.2) is 0 Å². The summed E-state index contributed by atoms with van der Waals surface area (Å²) in [6.07, 6.45) is 2.71. The number of nitrogens with one attached hydrogen (secondary N) is 1. The highest BCUT2D eigenvalue weighted by atomic mass is 79.9. The summed E-state index contributed by atoms with van der Waals surface area (Å²) >= 11 is 3.66. The van der Waals surface area contributed by atoms with Crippen LogP contribution < -0.4 is 10.1 Å². The van der Waals surface area contributed by atoms with Crippen molar-refractivity contribution in [3.05, 3.63) is 64.1 Å². The van der Waals surface area contributed by atoms with Gasteiger partial charge in [-0.15, -0.1) is 0 Å². The molecule has 1 atom stereocenters. The number of ether oxygens (including phenoxy) is 1. The van der Waals surface area contributed by atoms with Gasteiger partial charge >= 0.3 is 0 Å². The number of rotatable bonds is 6. The van der Waals surface area contributed by atoms with E-state index in [1.165, 1.54) is 43.6 Å². The lowest BCUT2D eigenvalue weighted by Gasteiger charge is -2.45. The van der Waals surface area contributed by atoms with E-state index in [0.717, 1.165) is 22.7 Å². The summed E-state index contributed by atoms with van der Waals surface area (Å²) in [5.41, 5.74) is 2.48. The van der Waals surface area contributed by atoms with E-state index in [9.17, 15) is 0 Å². The van der Waals surface area contributed by atoms with Crippen LogP contribution in [0.4, 0.5) is 0 Å². The minimum Gasteiger partial charge on any atom is -0.488 e. The Hall–Kier alpha value is -1.36. The molecule has 3 aliphatic heterocycles. The number of nitrogens with zero attached hydrogens (tertiary/aromatic N) is 1. The third kappa shape index (κ3) is 4.25. The largest absolute Gasteiger partial charge is 0.488 e. The van der Waals surface area contributed by atoms with Crippen molar-refractivity contribution in [3.63, 3.8) is 0 Å². The minimum atomic E-state index is 0.594. The van der Waals surface area contributed by atoms with Crippen molar-refractivity contribution in [3.8, 4) is 5.75 Å². The summed E-state index contributed by atoms with van der Waals surface area (Å²) in [5, 5.41) is 3.77. The molecule has 3 saturated heterocycles. The van der Waals surface area contributed by atoms with E-state index in [4.69, 9.17) is 4.74 Å². The molecule has 0 spiro atoms. The van der Waals surface area contributed by atoms with Gasteiger partial charge in [0.05, 0.1) is 4.47 Å². The van der Waals surface area contributed by atoms with Gasteiger partial charge in [0.2, 0.25) is 0 Å². The zero-order valence-corrected chi connectivity index (χ0v) is 16.0. The van der Waals surface area contributed by atoms with Gasteiger partial charge in [-0.3, -0.25) is 0 Å². The number of fused-ring (bicyclic) bond motifs is 3. The van der Waals surface area contributed by atoms with Crippen LogP contribution in [0.25, 0.3) is 0 Å². The van der Waals surface area contributed by atoms with Crippen molar-refractivity contribution in [2.24, 2.45) is 5.92 Å². The fourth-order valence-electron chi connectivity index (χ4n) is 3.95. The summed E-state index contributed by atoms with van der Waals surface area (Å²) in [4.78, 5) is 2.59. The second-order valence-electron chi connectivity index (χ2n) is 7.16. The van der Waals surface area contributed by atoms with E-state index in [2.05, 4.69) is 56.5 Å². The van der Waals surface area contributed by atoms with Gasteiger partial charge in [-0.05, 0) is 71.0 Å². The van der Waals surface area contributed by atoms with Crippen molar-refractivity contribution >= 4 is 15.9 Å². The van der Waals surface area contributed by atoms with E-state index >= 15 is 0 Å². The zero-order valence-electron chi connectivity index (χ0n) is 14.5. The molecule has 4 heteroatoms. The van der Waals surface area contributed by atoms with Crippen molar-refractivity contribution in [1.82, 2.24) is 10.2 Å². The molecule has 25 heavy (non-hydrogen) atoms. The van der Waals surface area contributed by atoms with Crippen molar-refractivity contribution in [2.45, 2.75) is 32.0 Å². The van der Waals surface area contributed by atoms with Crippen LogP contribution in [0.5, 0.6) is 5.75 Å². The van der Waals surface area contributed by atoms with E-state index in [1.54, 1.807) is 0 Å². The monoisotopic (exact) mass is 400 g/mol. The van der Waals surface area contributed by atoms with Crippen molar-refractivity contribution in [2.75, 3.05) is 19.6 Å². The molecule has 1 unspecified atom stereocenters. The van der Waals surface area contributed by atoms with Crippen LogP contribution in [0.15, 0.2) is 53.0 Å². The van der Waals surface area contributed by atoms with Crippen LogP contribution in [-0.2, 0) is 13.2 Å². The van der Waals surface area contributed by atoms with E-state index < -0.39 is 0 Å². The van der Waals surface area contributed by atoms with Gasteiger partial charge in [0, 0.05) is 19.1 Å². The predicted octanol–water partition coefficient (Wildman–Crippen LogP) is 4.21. The lowest BCUT2D eigenvalue weighted by atomic mass is 9.84. The molecular formula is C21H25BrN2O. The molecule has 0 aliphatic carbocycles. The molecule has 2 bridgehead atoms. The molecule has 2 aromatic carbocycles. The number of benzene rings is 2. The van der Waals surface area contributed by atoms with Crippen molar-refractivity contribution < 1.29 is 4.74 Å². The Morgan fingerprint density at radius 1 is 1.04 bits per heavy atom. The first-order chi connectivity index (χ1) is 12.3. The van der Waals surface area contributed by atoms with E-state index in [-0.39, 0.29) is 0 Å². The smallest absolute Gasteiger partial charge is 0.134 e. The summed E-state index contributed by atoms with van der Waals surface area (Å²) in [5.74, 6) is 1.76. The first kappa shape index (κ1) is 17.1. The van der Waals surface area contributed by atoms with Crippen LogP contribution in [0.3, 0.4) is 0 Å². The normalized spacial score (nSPS) is 25.1. The second kappa shape index (κ2) is 7.90. The quantitative estimate of drug-likeness (QED) is 0.785. The van der Waals surface area contributed by atoms with Gasteiger partial charge in [0.1, 0.15) is 12.4 Å². The summed E-state index contributed by atoms with van der Waals surface area (Å²) in [6, 6.07) is 17.3. The maximum absolute atomic E-state index is 5.94. The number of halogens is 1. The van der Waals surface area contributed by atoms with Crippen LogP contribution in [0.1, 0.15) is 24.0 Å². The molecule has 0 aromatic heterocycles. The Morgan fingerprint density at radius 3 is 2.52 bits per heavy atom. The molecule has 5 rings (SSSR count). The molecule has 3 heterocycles. The van der Waals surface area contributed by atoms with Gasteiger partial charge in [-0.1, -0.05) is 36.4 Å². The molecular weight excluding hydrogens is 376 g/mol. The first-order valence-electron chi connectivity index (χ1n) is 9.19. The Morgan fingerprint density at radius 2 is 1.84 bits per heavy atom. The van der Waals surface area contributed by atoms with Gasteiger partial charge in [-0.2, -0.15) is 0 Å². The molecule has 0 radical (unpaired) electrons. The maximum atomic E-state index is 5.94. The Kier molecular flexibility index (Phi) is 5.39. The summed E-state index contributed by atoms with van der Waals surface area (Å²) in [7, 11) is 0. The predicted molar refractivity (Wildman–Crippen MR) is 105 cm³/mol. The molecule has 3 aliphatic rings. The molecule has 0 amide bonds. The number of hydrogen-bond acceptors (Lipinski definition) is 3. The average molecular weight is 401 g/mol. The average Bonchev–Trinajstić information content (AvgIpc) is 2.67. The summed E-state index contributed by atoms with van der Waals surface area (Å²) < 4.78 is 6.96.